The maximum Gasteiger partial charge on any atom is 0.00388 e. The number of nitrogens with two attached hydrogens (primary N) is 1. The highest BCUT2D eigenvalue weighted by Crippen LogP contribution is 2.15. The van der Waals surface area contributed by atoms with Crippen molar-refractivity contribution in [3.05, 3.63) is 0 Å². The summed E-state index contributed by atoms with van der Waals surface area (Å²) in [6.45, 7) is 0. The van der Waals surface area contributed by atoms with Gasteiger partial charge in [0.15, 0.2) is 0 Å². The Hall–Kier alpha value is -0.0400. The summed E-state index contributed by atoms with van der Waals surface area (Å²) < 4.78 is 0. The molecule has 2 rings (SSSR count). The average molecular weight is 183 g/mol. The zero-order valence-electron chi connectivity index (χ0n) is 8.93. The van der Waals surface area contributed by atoms with E-state index < -0.39 is 0 Å². The van der Waals surface area contributed by atoms with E-state index in [1.54, 1.807) is 0 Å². The average Bonchev–Trinajstić information content (AvgIpc) is 2.22. The second kappa shape index (κ2) is 7.37. The van der Waals surface area contributed by atoms with Crippen molar-refractivity contribution in [1.29, 1.82) is 0 Å². The highest BCUT2D eigenvalue weighted by Gasteiger charge is 2.06. The molecule has 0 heterocycles. The highest BCUT2D eigenvalue weighted by atomic mass is 14.6. The van der Waals surface area contributed by atoms with Crippen LogP contribution in [0.25, 0.3) is 0 Å². The van der Waals surface area contributed by atoms with E-state index in [2.05, 4.69) is 0 Å². The van der Waals surface area contributed by atoms with Gasteiger partial charge >= 0.3 is 0 Å². The molecule has 2 aliphatic carbocycles. The Balaban J connectivity index is 0.000000132. The molecule has 0 aromatic rings. The van der Waals surface area contributed by atoms with Crippen molar-refractivity contribution in [1.82, 2.24) is 0 Å². The van der Waals surface area contributed by atoms with E-state index in [0.717, 1.165) is 0 Å². The Kier molecular flexibility index (Phi) is 6.26. The molecule has 13 heavy (non-hydrogen) atoms. The fraction of sp³-hybridized carbons (Fsp3) is 1.00. The molecule has 0 radical (unpaired) electrons. The molecule has 0 saturated heterocycles. The molecule has 78 valence electrons. The normalized spacial score (nSPS) is 24.7. The zero-order valence-corrected chi connectivity index (χ0v) is 8.93. The first-order valence-corrected chi connectivity index (χ1v) is 6.15. The van der Waals surface area contributed by atoms with Crippen molar-refractivity contribution in [3.63, 3.8) is 0 Å². The third-order valence-electron chi connectivity index (χ3n) is 3.15. The molecule has 0 aromatic carbocycles. The van der Waals surface area contributed by atoms with Crippen molar-refractivity contribution < 1.29 is 0 Å². The van der Waals surface area contributed by atoms with Crippen LogP contribution in [0.2, 0.25) is 0 Å². The van der Waals surface area contributed by atoms with Crippen LogP contribution in [-0.4, -0.2) is 6.04 Å². The lowest BCUT2D eigenvalue weighted by Gasteiger charge is -2.15. The first kappa shape index (κ1) is 11.0. The van der Waals surface area contributed by atoms with E-state index in [-0.39, 0.29) is 0 Å². The summed E-state index contributed by atoms with van der Waals surface area (Å²) in [6, 6.07) is 0.536. The van der Waals surface area contributed by atoms with Gasteiger partial charge in [-0.1, -0.05) is 57.8 Å². The van der Waals surface area contributed by atoms with Crippen molar-refractivity contribution in [2.45, 2.75) is 76.7 Å². The zero-order chi connectivity index (χ0) is 9.36. The molecule has 1 nitrogen and oxygen atoms in total. The van der Waals surface area contributed by atoms with Crippen LogP contribution >= 0.6 is 0 Å². The van der Waals surface area contributed by atoms with Gasteiger partial charge in [0.05, 0.1) is 0 Å². The lowest BCUT2D eigenvalue weighted by molar-refractivity contribution is 0.441. The largest absolute Gasteiger partial charge is 0.328 e. The van der Waals surface area contributed by atoms with Gasteiger partial charge in [0.2, 0.25) is 0 Å². The summed E-state index contributed by atoms with van der Waals surface area (Å²) in [6.07, 6.45) is 15.7. The van der Waals surface area contributed by atoms with Crippen molar-refractivity contribution >= 4 is 0 Å². The predicted octanol–water partition coefficient (Wildman–Crippen LogP) is 3.62. The Morgan fingerprint density at radius 1 is 0.538 bits per heavy atom. The van der Waals surface area contributed by atoms with E-state index in [4.69, 9.17) is 5.73 Å². The lowest BCUT2D eigenvalue weighted by atomic mass is 9.97. The van der Waals surface area contributed by atoms with Gasteiger partial charge < -0.3 is 5.73 Å². The molecule has 2 N–H and O–H groups in total. The monoisotopic (exact) mass is 183 g/mol. The molecule has 2 aliphatic rings. The topological polar surface area (TPSA) is 26.0 Å². The van der Waals surface area contributed by atoms with Crippen LogP contribution in [-0.2, 0) is 0 Å². The predicted molar refractivity (Wildman–Crippen MR) is 58.8 cm³/mol. The van der Waals surface area contributed by atoms with Gasteiger partial charge in [0, 0.05) is 6.04 Å². The summed E-state index contributed by atoms with van der Waals surface area (Å²) in [5.74, 6) is 0. The van der Waals surface area contributed by atoms with Crippen molar-refractivity contribution in [2.24, 2.45) is 5.73 Å². The smallest absolute Gasteiger partial charge is 0.00388 e. The van der Waals surface area contributed by atoms with Crippen LogP contribution in [0.3, 0.4) is 0 Å². The summed E-state index contributed by atoms with van der Waals surface area (Å²) in [4.78, 5) is 0. The Labute approximate surface area is 83.1 Å². The number of rotatable bonds is 0. The van der Waals surface area contributed by atoms with Crippen LogP contribution in [0, 0.1) is 0 Å². The molecule has 0 spiro atoms. The SMILES string of the molecule is C1CCCCC1.NC1CCCCC1. The van der Waals surface area contributed by atoms with Gasteiger partial charge in [-0.05, 0) is 12.8 Å². The van der Waals surface area contributed by atoms with Gasteiger partial charge in [-0.2, -0.15) is 0 Å². The minimum Gasteiger partial charge on any atom is -0.328 e. The fourth-order valence-corrected chi connectivity index (χ4v) is 2.19. The summed E-state index contributed by atoms with van der Waals surface area (Å²) >= 11 is 0. The summed E-state index contributed by atoms with van der Waals surface area (Å²) in [5, 5.41) is 0. The first-order valence-electron chi connectivity index (χ1n) is 6.15. The minimum absolute atomic E-state index is 0.536. The second-order valence-electron chi connectivity index (χ2n) is 4.52. The number of hydrogen-bond acceptors (Lipinski definition) is 1. The molecule has 2 saturated carbocycles. The molecule has 0 aliphatic heterocycles. The van der Waals surface area contributed by atoms with Crippen molar-refractivity contribution in [3.8, 4) is 0 Å². The second-order valence-corrected chi connectivity index (χ2v) is 4.52. The van der Waals surface area contributed by atoms with Crippen LogP contribution in [0.4, 0.5) is 0 Å². The van der Waals surface area contributed by atoms with Gasteiger partial charge in [0.25, 0.3) is 0 Å². The van der Waals surface area contributed by atoms with E-state index in [9.17, 15) is 0 Å². The Bertz CT molecular complexity index is 90.2. The quantitative estimate of drug-likeness (QED) is 0.610. The van der Waals surface area contributed by atoms with Crippen LogP contribution in [0.5, 0.6) is 0 Å². The Morgan fingerprint density at radius 2 is 0.846 bits per heavy atom. The molecule has 0 amide bonds. The van der Waals surface area contributed by atoms with Crippen LogP contribution < -0.4 is 5.73 Å². The summed E-state index contributed by atoms with van der Waals surface area (Å²) in [5.41, 5.74) is 5.63. The maximum atomic E-state index is 5.63. The van der Waals surface area contributed by atoms with Gasteiger partial charge in [-0.15, -0.1) is 0 Å². The third kappa shape index (κ3) is 6.09. The molecule has 0 bridgehead atoms. The molecule has 0 atom stereocenters. The van der Waals surface area contributed by atoms with E-state index in [1.165, 1.54) is 70.6 Å². The van der Waals surface area contributed by atoms with Crippen LogP contribution in [0.1, 0.15) is 70.6 Å². The third-order valence-corrected chi connectivity index (χ3v) is 3.15. The first-order chi connectivity index (χ1) is 6.39. The molecule has 0 unspecified atom stereocenters. The lowest BCUT2D eigenvalue weighted by Crippen LogP contribution is -2.22. The number of hydrogen-bond donors (Lipinski definition) is 1. The van der Waals surface area contributed by atoms with E-state index in [0.29, 0.717) is 6.04 Å². The van der Waals surface area contributed by atoms with Gasteiger partial charge in [0.1, 0.15) is 0 Å². The Morgan fingerprint density at radius 3 is 1.08 bits per heavy atom. The molecular weight excluding hydrogens is 158 g/mol. The fourth-order valence-electron chi connectivity index (χ4n) is 2.19. The minimum atomic E-state index is 0.536. The molecule has 2 fully saturated rings. The van der Waals surface area contributed by atoms with Gasteiger partial charge in [-0.3, -0.25) is 0 Å². The molecule has 0 aromatic heterocycles. The van der Waals surface area contributed by atoms with E-state index in [1.807, 2.05) is 0 Å². The van der Waals surface area contributed by atoms with Crippen molar-refractivity contribution in [2.75, 3.05) is 0 Å². The maximum absolute atomic E-state index is 5.63. The summed E-state index contributed by atoms with van der Waals surface area (Å²) in [7, 11) is 0. The molecular formula is C12H25N. The molecule has 1 heteroatoms. The van der Waals surface area contributed by atoms with E-state index >= 15 is 0 Å². The van der Waals surface area contributed by atoms with Gasteiger partial charge in [-0.25, -0.2) is 0 Å². The highest BCUT2D eigenvalue weighted by molar-refractivity contribution is 4.66. The standard InChI is InChI=1S/C6H13N.C6H12/c7-6-4-2-1-3-5-6;1-2-4-6-5-3-1/h6H,1-5,7H2;1-6H2. The van der Waals surface area contributed by atoms with Crippen LogP contribution in [0.15, 0.2) is 0 Å².